The van der Waals surface area contributed by atoms with E-state index in [1.54, 1.807) is 14.2 Å². The molecular weight excluding hydrogens is 228 g/mol. The van der Waals surface area contributed by atoms with Gasteiger partial charge in [-0.3, -0.25) is 0 Å². The summed E-state index contributed by atoms with van der Waals surface area (Å²) in [5.74, 6) is 0.689. The van der Waals surface area contributed by atoms with Gasteiger partial charge >= 0.3 is 0 Å². The third kappa shape index (κ3) is 1.69. The van der Waals surface area contributed by atoms with Gasteiger partial charge in [-0.25, -0.2) is 0 Å². The first-order valence-electron chi connectivity index (χ1n) is 5.10. The molecule has 0 atom stereocenters. The van der Waals surface area contributed by atoms with Crippen LogP contribution in [0.2, 0.25) is 5.02 Å². The lowest BCUT2D eigenvalue weighted by molar-refractivity contribution is -0.202. The number of ether oxygens (including phenoxy) is 3. The van der Waals surface area contributed by atoms with Crippen LogP contribution in [0.3, 0.4) is 0 Å². The molecule has 1 aromatic carbocycles. The quantitative estimate of drug-likeness (QED) is 0.815. The molecule has 0 bridgehead atoms. The van der Waals surface area contributed by atoms with Crippen LogP contribution in [0.1, 0.15) is 11.1 Å². The first kappa shape index (κ1) is 11.7. The molecule has 0 amide bonds. The van der Waals surface area contributed by atoms with Crippen LogP contribution in [0, 0.1) is 6.92 Å². The number of aryl methyl sites for hydroxylation is 1. The summed E-state index contributed by atoms with van der Waals surface area (Å²) in [6.07, 6.45) is 0. The molecule has 1 aromatic rings. The molecule has 1 aliphatic heterocycles. The van der Waals surface area contributed by atoms with Crippen molar-refractivity contribution in [2.75, 3.05) is 27.4 Å². The van der Waals surface area contributed by atoms with E-state index in [0.717, 1.165) is 11.1 Å². The number of halogens is 1. The van der Waals surface area contributed by atoms with Crippen LogP contribution in [0.25, 0.3) is 0 Å². The van der Waals surface area contributed by atoms with Crippen LogP contribution in [0.5, 0.6) is 5.75 Å². The normalized spacial score (nSPS) is 18.0. The van der Waals surface area contributed by atoms with Crippen LogP contribution in [0.15, 0.2) is 12.1 Å². The average molecular weight is 243 g/mol. The lowest BCUT2D eigenvalue weighted by Gasteiger charge is -2.41. The fourth-order valence-electron chi connectivity index (χ4n) is 1.97. The maximum atomic E-state index is 6.12. The second kappa shape index (κ2) is 4.24. The van der Waals surface area contributed by atoms with E-state index in [1.807, 2.05) is 19.1 Å². The topological polar surface area (TPSA) is 27.7 Å². The number of rotatable bonds is 3. The van der Waals surface area contributed by atoms with Crippen molar-refractivity contribution in [2.24, 2.45) is 0 Å². The Bertz CT molecular complexity index is 394. The molecule has 16 heavy (non-hydrogen) atoms. The summed E-state index contributed by atoms with van der Waals surface area (Å²) in [6, 6.07) is 3.83. The van der Waals surface area contributed by atoms with Crippen molar-refractivity contribution in [3.05, 3.63) is 28.3 Å². The van der Waals surface area contributed by atoms with Crippen molar-refractivity contribution in [1.29, 1.82) is 0 Å². The van der Waals surface area contributed by atoms with Crippen LogP contribution in [-0.2, 0) is 15.1 Å². The molecule has 1 saturated heterocycles. The van der Waals surface area contributed by atoms with E-state index in [2.05, 4.69) is 0 Å². The largest absolute Gasteiger partial charge is 0.495 e. The van der Waals surface area contributed by atoms with Gasteiger partial charge in [0, 0.05) is 7.11 Å². The third-order valence-corrected chi connectivity index (χ3v) is 3.35. The minimum Gasteiger partial charge on any atom is -0.495 e. The summed E-state index contributed by atoms with van der Waals surface area (Å²) >= 11 is 6.12. The van der Waals surface area contributed by atoms with Gasteiger partial charge in [-0.15, -0.1) is 0 Å². The summed E-state index contributed by atoms with van der Waals surface area (Å²) in [7, 11) is 3.30. The molecular formula is C12H15ClO3. The average Bonchev–Trinajstić information content (AvgIpc) is 2.22. The van der Waals surface area contributed by atoms with E-state index in [4.69, 9.17) is 25.8 Å². The van der Waals surface area contributed by atoms with E-state index in [0.29, 0.717) is 24.0 Å². The van der Waals surface area contributed by atoms with Gasteiger partial charge in [0.05, 0.1) is 25.3 Å². The Balaban J connectivity index is 2.45. The number of hydrogen-bond acceptors (Lipinski definition) is 3. The highest BCUT2D eigenvalue weighted by Gasteiger charge is 2.42. The van der Waals surface area contributed by atoms with Crippen molar-refractivity contribution in [2.45, 2.75) is 12.5 Å². The fraction of sp³-hybridized carbons (Fsp3) is 0.500. The summed E-state index contributed by atoms with van der Waals surface area (Å²) in [5.41, 5.74) is 1.85. The standard InChI is InChI=1S/C12H15ClO3/c1-8-4-11(14-2)10(13)5-9(8)12(15-3)6-16-7-12/h4-5H,6-7H2,1-3H3. The predicted octanol–water partition coefficient (Wildman–Crippen LogP) is 2.53. The SMILES string of the molecule is COc1cc(C)c(C2(OC)COC2)cc1Cl. The van der Waals surface area contributed by atoms with Crippen LogP contribution >= 0.6 is 11.6 Å². The highest BCUT2D eigenvalue weighted by Crippen LogP contribution is 2.39. The zero-order valence-electron chi connectivity index (χ0n) is 9.67. The van der Waals surface area contributed by atoms with E-state index in [9.17, 15) is 0 Å². The number of hydrogen-bond donors (Lipinski definition) is 0. The molecule has 0 unspecified atom stereocenters. The Morgan fingerprint density at radius 3 is 2.44 bits per heavy atom. The summed E-state index contributed by atoms with van der Waals surface area (Å²) in [5, 5.41) is 0.603. The first-order valence-corrected chi connectivity index (χ1v) is 5.48. The third-order valence-electron chi connectivity index (χ3n) is 3.05. The zero-order valence-corrected chi connectivity index (χ0v) is 10.4. The Morgan fingerprint density at radius 2 is 2.00 bits per heavy atom. The van der Waals surface area contributed by atoms with Crippen molar-refractivity contribution in [1.82, 2.24) is 0 Å². The number of methoxy groups -OCH3 is 2. The van der Waals surface area contributed by atoms with E-state index in [-0.39, 0.29) is 5.60 Å². The van der Waals surface area contributed by atoms with Gasteiger partial charge in [-0.05, 0) is 30.2 Å². The van der Waals surface area contributed by atoms with Crippen molar-refractivity contribution in [3.63, 3.8) is 0 Å². The maximum Gasteiger partial charge on any atom is 0.139 e. The molecule has 0 spiro atoms. The van der Waals surface area contributed by atoms with Gasteiger partial charge in [0.25, 0.3) is 0 Å². The summed E-state index contributed by atoms with van der Waals surface area (Å²) in [6.45, 7) is 3.17. The lowest BCUT2D eigenvalue weighted by atomic mass is 9.88. The Morgan fingerprint density at radius 1 is 1.31 bits per heavy atom. The van der Waals surface area contributed by atoms with Gasteiger partial charge in [0.15, 0.2) is 0 Å². The number of benzene rings is 1. The van der Waals surface area contributed by atoms with Gasteiger partial charge in [0.1, 0.15) is 11.4 Å². The second-order valence-corrected chi connectivity index (χ2v) is 4.40. The Labute approximate surface area is 100 Å². The van der Waals surface area contributed by atoms with E-state index >= 15 is 0 Å². The molecule has 0 radical (unpaired) electrons. The molecule has 88 valence electrons. The van der Waals surface area contributed by atoms with Gasteiger partial charge in [-0.1, -0.05) is 11.6 Å². The maximum absolute atomic E-state index is 6.12. The Kier molecular flexibility index (Phi) is 3.10. The smallest absolute Gasteiger partial charge is 0.139 e. The molecule has 1 heterocycles. The van der Waals surface area contributed by atoms with Gasteiger partial charge in [-0.2, -0.15) is 0 Å². The predicted molar refractivity (Wildman–Crippen MR) is 62.2 cm³/mol. The van der Waals surface area contributed by atoms with Crippen LogP contribution < -0.4 is 4.74 Å². The summed E-state index contributed by atoms with van der Waals surface area (Å²) in [4.78, 5) is 0. The molecule has 0 saturated carbocycles. The van der Waals surface area contributed by atoms with Crippen molar-refractivity contribution >= 4 is 11.6 Å². The molecule has 1 fully saturated rings. The van der Waals surface area contributed by atoms with Gasteiger partial charge < -0.3 is 14.2 Å². The molecule has 4 heteroatoms. The molecule has 0 aliphatic carbocycles. The monoisotopic (exact) mass is 242 g/mol. The molecule has 2 rings (SSSR count). The van der Waals surface area contributed by atoms with Crippen LogP contribution in [0.4, 0.5) is 0 Å². The fourth-order valence-corrected chi connectivity index (χ4v) is 2.21. The second-order valence-electron chi connectivity index (χ2n) is 3.99. The molecule has 3 nitrogen and oxygen atoms in total. The Hall–Kier alpha value is -0.770. The van der Waals surface area contributed by atoms with E-state index < -0.39 is 0 Å². The first-order chi connectivity index (χ1) is 7.63. The van der Waals surface area contributed by atoms with Crippen molar-refractivity contribution < 1.29 is 14.2 Å². The molecule has 1 aliphatic rings. The van der Waals surface area contributed by atoms with Crippen LogP contribution in [-0.4, -0.2) is 27.4 Å². The van der Waals surface area contributed by atoms with Gasteiger partial charge in [0.2, 0.25) is 0 Å². The van der Waals surface area contributed by atoms with Crippen molar-refractivity contribution in [3.8, 4) is 5.75 Å². The van der Waals surface area contributed by atoms with E-state index in [1.165, 1.54) is 0 Å². The highest BCUT2D eigenvalue weighted by atomic mass is 35.5. The lowest BCUT2D eigenvalue weighted by Crippen LogP contribution is -2.48. The minimum absolute atomic E-state index is 0.333. The molecule has 0 N–H and O–H groups in total. The minimum atomic E-state index is -0.333. The summed E-state index contributed by atoms with van der Waals surface area (Å²) < 4.78 is 16.0. The zero-order chi connectivity index (χ0) is 11.8. The highest BCUT2D eigenvalue weighted by molar-refractivity contribution is 6.32. The molecule has 0 aromatic heterocycles.